The number of hydrogen-bond donors (Lipinski definition) is 6. The van der Waals surface area contributed by atoms with Crippen LogP contribution in [0.1, 0.15) is 38.8 Å². The van der Waals surface area contributed by atoms with Gasteiger partial charge in [0.15, 0.2) is 11.8 Å². The van der Waals surface area contributed by atoms with Gasteiger partial charge in [0.25, 0.3) is 0 Å². The summed E-state index contributed by atoms with van der Waals surface area (Å²) in [6, 6.07) is 2.12. The molecule has 2 aromatic rings. The molecule has 10 nitrogen and oxygen atoms in total. The van der Waals surface area contributed by atoms with Gasteiger partial charge in [0, 0.05) is 12.1 Å². The fourth-order valence-corrected chi connectivity index (χ4v) is 3.92. The maximum atomic E-state index is 10.9. The van der Waals surface area contributed by atoms with Gasteiger partial charge in [0.2, 0.25) is 11.8 Å². The van der Waals surface area contributed by atoms with E-state index in [2.05, 4.69) is 0 Å². The van der Waals surface area contributed by atoms with Crippen molar-refractivity contribution in [1.82, 2.24) is 9.13 Å². The Hall–Kier alpha value is -2.60. The van der Waals surface area contributed by atoms with Gasteiger partial charge in [-0.3, -0.25) is 9.13 Å². The van der Waals surface area contributed by atoms with Gasteiger partial charge in [-0.2, -0.15) is 0 Å². The molecule has 0 fully saturated rings. The van der Waals surface area contributed by atoms with Gasteiger partial charge in [0.1, 0.15) is 6.17 Å². The summed E-state index contributed by atoms with van der Waals surface area (Å²) in [5.41, 5.74) is 0. The van der Waals surface area contributed by atoms with Crippen LogP contribution in [0.3, 0.4) is 0 Å². The quantitative estimate of drug-likeness (QED) is 0.262. The Morgan fingerprint density at radius 2 is 1.32 bits per heavy atom. The second kappa shape index (κ2) is 9.06. The van der Waals surface area contributed by atoms with E-state index in [1.165, 1.54) is 0 Å². The summed E-state index contributed by atoms with van der Waals surface area (Å²) in [6.07, 6.45) is 1.49. The van der Waals surface area contributed by atoms with Crippen LogP contribution in [0.2, 0.25) is 0 Å². The van der Waals surface area contributed by atoms with Crippen molar-refractivity contribution >= 4 is 34.1 Å². The van der Waals surface area contributed by atoms with Crippen molar-refractivity contribution < 1.29 is 40.2 Å². The zero-order valence-corrected chi connectivity index (χ0v) is 16.4. The lowest BCUT2D eigenvalue weighted by atomic mass is 10.1. The van der Waals surface area contributed by atoms with Crippen molar-refractivity contribution in [2.45, 2.75) is 48.6 Å². The minimum atomic E-state index is -1.29. The summed E-state index contributed by atoms with van der Waals surface area (Å²) in [4.78, 5) is 21.6. The predicted molar refractivity (Wildman–Crippen MR) is 102 cm³/mol. The number of nitrogens with zero attached hydrogens (tertiary/aromatic N) is 2. The van der Waals surface area contributed by atoms with Gasteiger partial charge in [-0.1, -0.05) is 19.8 Å². The highest BCUT2D eigenvalue weighted by molar-refractivity contribution is 8.13. The molecule has 0 aliphatic rings. The third-order valence-electron chi connectivity index (χ3n) is 3.97. The first-order valence-corrected chi connectivity index (χ1v) is 9.88. The minimum absolute atomic E-state index is 0.114. The highest BCUT2D eigenvalue weighted by atomic mass is 32.2. The molecule has 28 heavy (non-hydrogen) atoms. The van der Waals surface area contributed by atoms with Gasteiger partial charge in [0.05, 0.1) is 9.79 Å². The van der Waals surface area contributed by atoms with Crippen molar-refractivity contribution in [3.05, 3.63) is 12.1 Å². The molecule has 2 heterocycles. The van der Waals surface area contributed by atoms with Crippen LogP contribution in [-0.2, 0) is 0 Å². The van der Waals surface area contributed by atoms with E-state index in [9.17, 15) is 30.0 Å². The number of aromatic nitrogens is 2. The third-order valence-corrected chi connectivity index (χ3v) is 5.36. The first-order valence-electron chi connectivity index (χ1n) is 8.25. The number of rotatable bonds is 8. The lowest BCUT2D eigenvalue weighted by Crippen LogP contribution is -2.17. The monoisotopic (exact) mass is 432 g/mol. The van der Waals surface area contributed by atoms with Crippen LogP contribution in [0.4, 0.5) is 9.59 Å². The van der Waals surface area contributed by atoms with E-state index in [-0.39, 0.29) is 16.2 Å². The summed E-state index contributed by atoms with van der Waals surface area (Å²) >= 11 is 0.586. The molecule has 2 rings (SSSR count). The highest BCUT2D eigenvalue weighted by Crippen LogP contribution is 2.45. The first-order chi connectivity index (χ1) is 13.2. The van der Waals surface area contributed by atoms with Gasteiger partial charge < -0.3 is 30.6 Å². The molecule has 0 saturated carbocycles. The Labute approximate surface area is 168 Å². The molecule has 0 bridgehead atoms. The molecule has 6 N–H and O–H groups in total. The van der Waals surface area contributed by atoms with Gasteiger partial charge >= 0.3 is 10.6 Å². The van der Waals surface area contributed by atoms with Crippen LogP contribution in [0.5, 0.6) is 23.5 Å². The number of aromatic hydroxyl groups is 4. The van der Waals surface area contributed by atoms with Crippen LogP contribution in [0.25, 0.3) is 0 Å². The van der Waals surface area contributed by atoms with Crippen LogP contribution in [0.15, 0.2) is 21.9 Å². The molecule has 12 heteroatoms. The zero-order chi connectivity index (χ0) is 21.0. The maximum absolute atomic E-state index is 10.9. The lowest BCUT2D eigenvalue weighted by Gasteiger charge is -2.24. The van der Waals surface area contributed by atoms with Crippen molar-refractivity contribution in [2.24, 2.45) is 0 Å². The summed E-state index contributed by atoms with van der Waals surface area (Å²) in [5, 5.41) is 56.6. The number of hydrogen-bond acceptors (Lipinski definition) is 8. The molecule has 0 aliphatic carbocycles. The van der Waals surface area contributed by atoms with Gasteiger partial charge in [-0.05, 0) is 36.4 Å². The number of carboxylic acid groups (broad SMARTS) is 2. The third kappa shape index (κ3) is 4.62. The SMILES string of the molecule is CCCCCC(n1c(O)cc(SC(=O)O)c1O)n1c(O)cc(SC(=O)O)c1O. The van der Waals surface area contributed by atoms with Crippen LogP contribution < -0.4 is 0 Å². The summed E-state index contributed by atoms with van der Waals surface area (Å²) in [7, 11) is 0. The van der Waals surface area contributed by atoms with Crippen molar-refractivity contribution in [2.75, 3.05) is 0 Å². The highest BCUT2D eigenvalue weighted by Gasteiger charge is 2.29. The molecule has 0 unspecified atom stereocenters. The molecule has 0 aliphatic heterocycles. The summed E-state index contributed by atoms with van der Waals surface area (Å²) < 4.78 is 1.96. The molecule has 0 atom stereocenters. The number of thioether (sulfide) groups is 2. The Morgan fingerprint density at radius 1 is 0.893 bits per heavy atom. The minimum Gasteiger partial charge on any atom is -0.494 e. The van der Waals surface area contributed by atoms with Gasteiger partial charge in [-0.15, -0.1) is 0 Å². The molecule has 154 valence electrons. The Balaban J connectivity index is 2.56. The summed E-state index contributed by atoms with van der Waals surface area (Å²) in [6.45, 7) is 1.97. The van der Waals surface area contributed by atoms with E-state index in [0.29, 0.717) is 29.9 Å². The van der Waals surface area contributed by atoms with E-state index >= 15 is 0 Å². The molecule has 0 spiro atoms. The average Bonchev–Trinajstić information content (AvgIpc) is 3.00. The van der Waals surface area contributed by atoms with Crippen LogP contribution >= 0.6 is 23.5 Å². The van der Waals surface area contributed by atoms with Crippen molar-refractivity contribution in [1.29, 1.82) is 0 Å². The molecular weight excluding hydrogens is 412 g/mol. The Bertz CT molecular complexity index is 810. The molecular formula is C16H20N2O8S2. The van der Waals surface area contributed by atoms with E-state index in [0.717, 1.165) is 34.1 Å². The predicted octanol–water partition coefficient (Wildman–Crippen LogP) is 4.28. The average molecular weight is 432 g/mol. The lowest BCUT2D eigenvalue weighted by molar-refractivity contribution is 0.221. The van der Waals surface area contributed by atoms with Crippen LogP contribution in [-0.4, -0.2) is 50.4 Å². The molecule has 0 amide bonds. The van der Waals surface area contributed by atoms with E-state index in [4.69, 9.17) is 10.2 Å². The fourth-order valence-electron chi connectivity index (χ4n) is 2.83. The van der Waals surface area contributed by atoms with E-state index in [1.807, 2.05) is 6.92 Å². The van der Waals surface area contributed by atoms with Crippen molar-refractivity contribution in [3.63, 3.8) is 0 Å². The molecule has 0 radical (unpaired) electrons. The number of unbranched alkanes of at least 4 members (excludes halogenated alkanes) is 2. The number of carbonyl (C=O) groups is 2. The topological polar surface area (TPSA) is 165 Å². The fraction of sp³-hybridized carbons (Fsp3) is 0.375. The summed E-state index contributed by atoms with van der Waals surface area (Å²) in [5.74, 6) is -2.04. The second-order valence-electron chi connectivity index (χ2n) is 5.83. The normalized spacial score (nSPS) is 11.2. The van der Waals surface area contributed by atoms with E-state index in [1.54, 1.807) is 0 Å². The maximum Gasteiger partial charge on any atom is 0.369 e. The van der Waals surface area contributed by atoms with Crippen molar-refractivity contribution in [3.8, 4) is 23.5 Å². The molecule has 2 aromatic heterocycles. The molecule has 0 aromatic carbocycles. The molecule has 0 saturated heterocycles. The Morgan fingerprint density at radius 3 is 1.68 bits per heavy atom. The standard InChI is InChI=1S/C16H20N2O8S2/c1-2-3-4-5-10(17-11(19)6-8(13(17)21)27-15(23)24)18-12(20)7-9(14(18)22)28-16(25)26/h6-7,10,19-22H,2-5H2,1H3,(H,23,24)(H,25,26). The first kappa shape index (κ1) is 21.7. The largest absolute Gasteiger partial charge is 0.494 e. The van der Waals surface area contributed by atoms with E-state index < -0.39 is 40.3 Å². The second-order valence-corrected chi connectivity index (χ2v) is 7.82. The van der Waals surface area contributed by atoms with Crippen LogP contribution in [0, 0.1) is 0 Å². The smallest absolute Gasteiger partial charge is 0.369 e. The zero-order valence-electron chi connectivity index (χ0n) is 14.8. The van der Waals surface area contributed by atoms with Gasteiger partial charge in [-0.25, -0.2) is 9.59 Å². The Kier molecular flexibility index (Phi) is 7.02.